The smallest absolute Gasteiger partial charge is 0.325 e. The average molecular weight is 425 g/mol. The van der Waals surface area contributed by atoms with E-state index in [1.165, 1.54) is 0 Å². The second-order valence-corrected chi connectivity index (χ2v) is 7.19. The maximum atomic E-state index is 12.6. The van der Waals surface area contributed by atoms with Gasteiger partial charge in [0.25, 0.3) is 5.91 Å². The van der Waals surface area contributed by atoms with Crippen LogP contribution in [-0.4, -0.2) is 41.4 Å². The predicted molar refractivity (Wildman–Crippen MR) is 116 cm³/mol. The number of hydrogen-bond acceptors (Lipinski definition) is 5. The van der Waals surface area contributed by atoms with Crippen LogP contribution >= 0.6 is 0 Å². The van der Waals surface area contributed by atoms with Gasteiger partial charge in [0.15, 0.2) is 0 Å². The summed E-state index contributed by atoms with van der Waals surface area (Å²) < 4.78 is 11.2. The fourth-order valence-corrected chi connectivity index (χ4v) is 3.41. The Morgan fingerprint density at radius 1 is 0.935 bits per heavy atom. The van der Waals surface area contributed by atoms with E-state index in [0.717, 1.165) is 10.6 Å². The normalized spacial score (nSPS) is 14.9. The van der Waals surface area contributed by atoms with E-state index in [2.05, 4.69) is 10.6 Å². The highest BCUT2D eigenvalue weighted by atomic mass is 16.5. The van der Waals surface area contributed by atoms with Gasteiger partial charge in [-0.25, -0.2) is 4.79 Å². The Morgan fingerprint density at radius 3 is 2.00 bits per heavy atom. The molecule has 1 aliphatic heterocycles. The van der Waals surface area contributed by atoms with E-state index in [4.69, 9.17) is 9.47 Å². The van der Waals surface area contributed by atoms with E-state index in [0.29, 0.717) is 36.6 Å². The van der Waals surface area contributed by atoms with Crippen molar-refractivity contribution < 1.29 is 23.9 Å². The monoisotopic (exact) mass is 425 g/mol. The summed E-state index contributed by atoms with van der Waals surface area (Å²) in [4.78, 5) is 38.1. The number of amides is 4. The summed E-state index contributed by atoms with van der Waals surface area (Å²) in [5, 5.41) is 5.41. The third kappa shape index (κ3) is 4.96. The highest BCUT2D eigenvalue weighted by Crippen LogP contribution is 2.26. The highest BCUT2D eigenvalue weighted by Gasteiger charge is 2.49. The first-order chi connectivity index (χ1) is 14.9. The average Bonchev–Trinajstić information content (AvgIpc) is 3.01. The number of ether oxygens (including phenoxy) is 2. The number of carbonyl (C=O) groups excluding carboxylic acids is 3. The lowest BCUT2D eigenvalue weighted by Gasteiger charge is -2.23. The summed E-state index contributed by atoms with van der Waals surface area (Å²) in [5.41, 5.74) is -0.384. The molecule has 0 bridgehead atoms. The van der Waals surface area contributed by atoms with E-state index in [1.54, 1.807) is 24.3 Å². The molecule has 0 aliphatic carbocycles. The third-order valence-corrected chi connectivity index (χ3v) is 5.26. The molecule has 0 unspecified atom stereocenters. The van der Waals surface area contributed by atoms with Crippen LogP contribution in [-0.2, 0) is 9.59 Å². The van der Waals surface area contributed by atoms with Gasteiger partial charge in [0.05, 0.1) is 6.61 Å². The Bertz CT molecular complexity index is 937. The molecule has 4 amide bonds. The summed E-state index contributed by atoms with van der Waals surface area (Å²) in [6, 6.07) is 13.6. The van der Waals surface area contributed by atoms with Crippen LogP contribution in [0.5, 0.6) is 17.2 Å². The van der Waals surface area contributed by atoms with Crippen molar-refractivity contribution in [1.29, 1.82) is 0 Å². The van der Waals surface area contributed by atoms with Crippen LogP contribution < -0.4 is 20.1 Å². The van der Waals surface area contributed by atoms with Gasteiger partial charge in [-0.1, -0.05) is 13.8 Å². The molecule has 0 saturated carbocycles. The van der Waals surface area contributed by atoms with Crippen molar-refractivity contribution in [3.8, 4) is 17.2 Å². The summed E-state index contributed by atoms with van der Waals surface area (Å²) in [6.07, 6.45) is 0.948. The number of nitrogens with zero attached hydrogens (tertiary/aromatic N) is 1. The van der Waals surface area contributed by atoms with E-state index in [-0.39, 0.29) is 12.5 Å². The lowest BCUT2D eigenvalue weighted by atomic mass is 9.93. The first-order valence-corrected chi connectivity index (χ1v) is 10.4. The molecule has 1 fully saturated rings. The summed E-state index contributed by atoms with van der Waals surface area (Å²) in [7, 11) is 0. The molecule has 164 valence electrons. The summed E-state index contributed by atoms with van der Waals surface area (Å²) in [6.45, 7) is 5.86. The zero-order valence-corrected chi connectivity index (χ0v) is 17.9. The molecule has 31 heavy (non-hydrogen) atoms. The molecule has 8 heteroatoms. The van der Waals surface area contributed by atoms with E-state index >= 15 is 0 Å². The summed E-state index contributed by atoms with van der Waals surface area (Å²) >= 11 is 0. The fraction of sp³-hybridized carbons (Fsp3) is 0.348. The second kappa shape index (κ2) is 9.51. The van der Waals surface area contributed by atoms with Crippen molar-refractivity contribution in [3.63, 3.8) is 0 Å². The van der Waals surface area contributed by atoms with E-state index in [1.807, 2.05) is 45.0 Å². The number of anilines is 1. The molecule has 3 rings (SSSR count). The number of nitrogens with one attached hydrogen (secondary N) is 2. The van der Waals surface area contributed by atoms with Gasteiger partial charge in [-0.15, -0.1) is 0 Å². The highest BCUT2D eigenvalue weighted by molar-refractivity contribution is 6.10. The van der Waals surface area contributed by atoms with Gasteiger partial charge in [-0.3, -0.25) is 14.5 Å². The number of hydrogen-bond donors (Lipinski definition) is 2. The number of benzene rings is 2. The number of rotatable bonds is 9. The molecule has 2 aromatic rings. The molecule has 1 aliphatic rings. The first-order valence-electron chi connectivity index (χ1n) is 10.4. The van der Waals surface area contributed by atoms with Crippen molar-refractivity contribution >= 4 is 23.5 Å². The fourth-order valence-electron chi connectivity index (χ4n) is 3.41. The molecule has 8 nitrogen and oxygen atoms in total. The molecule has 1 heterocycles. The van der Waals surface area contributed by atoms with Crippen LogP contribution in [0.1, 0.15) is 33.6 Å². The molecule has 2 N–H and O–H groups in total. The van der Waals surface area contributed by atoms with E-state index < -0.39 is 17.5 Å². The maximum Gasteiger partial charge on any atom is 0.325 e. The molecule has 0 atom stereocenters. The van der Waals surface area contributed by atoms with Crippen molar-refractivity contribution in [1.82, 2.24) is 10.2 Å². The Balaban J connectivity index is 1.56. The van der Waals surface area contributed by atoms with Crippen LogP contribution in [0, 0.1) is 0 Å². The van der Waals surface area contributed by atoms with Gasteiger partial charge >= 0.3 is 6.03 Å². The maximum absolute atomic E-state index is 12.6. The Labute approximate surface area is 181 Å². The number of carbonyl (C=O) groups is 3. The van der Waals surface area contributed by atoms with Gasteiger partial charge < -0.3 is 20.1 Å². The third-order valence-electron chi connectivity index (χ3n) is 5.26. The molecule has 0 spiro atoms. The van der Waals surface area contributed by atoms with Crippen molar-refractivity contribution in [2.24, 2.45) is 0 Å². The predicted octanol–water partition coefficient (Wildman–Crippen LogP) is 3.93. The molecular weight excluding hydrogens is 398 g/mol. The largest absolute Gasteiger partial charge is 0.494 e. The van der Waals surface area contributed by atoms with Crippen molar-refractivity contribution in [2.45, 2.75) is 39.2 Å². The number of imide groups is 1. The molecule has 1 saturated heterocycles. The standard InChI is InChI=1S/C23H27N3O5/c1-4-23(5-2)21(28)26(22(29)25-23)15-20(27)24-16-7-9-18(10-8-16)31-19-13-11-17(12-14-19)30-6-3/h7-14H,4-6,15H2,1-3H3,(H,24,27)(H,25,29). The second-order valence-electron chi connectivity index (χ2n) is 7.19. The van der Waals surface area contributed by atoms with Gasteiger partial charge in [0, 0.05) is 5.69 Å². The minimum atomic E-state index is -0.919. The van der Waals surface area contributed by atoms with Gasteiger partial charge in [-0.2, -0.15) is 0 Å². The zero-order chi connectivity index (χ0) is 22.4. The lowest BCUT2D eigenvalue weighted by Crippen LogP contribution is -2.46. The summed E-state index contributed by atoms with van der Waals surface area (Å²) in [5.74, 6) is 1.22. The van der Waals surface area contributed by atoms with Gasteiger partial charge in [0.1, 0.15) is 29.3 Å². The minimum Gasteiger partial charge on any atom is -0.494 e. The zero-order valence-electron chi connectivity index (χ0n) is 17.9. The van der Waals surface area contributed by atoms with Gasteiger partial charge in [0.2, 0.25) is 5.91 Å². The van der Waals surface area contributed by atoms with Crippen LogP contribution in [0.15, 0.2) is 48.5 Å². The Morgan fingerprint density at radius 2 is 1.48 bits per heavy atom. The Kier molecular flexibility index (Phi) is 6.79. The molecule has 0 radical (unpaired) electrons. The van der Waals surface area contributed by atoms with E-state index in [9.17, 15) is 14.4 Å². The van der Waals surface area contributed by atoms with Crippen LogP contribution in [0.3, 0.4) is 0 Å². The topological polar surface area (TPSA) is 97.0 Å². The molecule has 2 aromatic carbocycles. The molecule has 0 aromatic heterocycles. The quantitative estimate of drug-likeness (QED) is 0.594. The van der Waals surface area contributed by atoms with Crippen LogP contribution in [0.4, 0.5) is 10.5 Å². The van der Waals surface area contributed by atoms with Crippen LogP contribution in [0.2, 0.25) is 0 Å². The first kappa shape index (κ1) is 22.1. The van der Waals surface area contributed by atoms with Crippen molar-refractivity contribution in [2.75, 3.05) is 18.5 Å². The SMILES string of the molecule is CCOc1ccc(Oc2ccc(NC(=O)CN3C(=O)NC(CC)(CC)C3=O)cc2)cc1. The lowest BCUT2D eigenvalue weighted by molar-refractivity contribution is -0.134. The van der Waals surface area contributed by atoms with Crippen molar-refractivity contribution in [3.05, 3.63) is 48.5 Å². The minimum absolute atomic E-state index is 0.336. The number of urea groups is 1. The molecular formula is C23H27N3O5. The Hall–Kier alpha value is -3.55. The van der Waals surface area contributed by atoms with Gasteiger partial charge in [-0.05, 0) is 68.3 Å². The van der Waals surface area contributed by atoms with Crippen LogP contribution in [0.25, 0.3) is 0 Å².